The maximum absolute atomic E-state index is 13.8. The number of benzene rings is 1. The van der Waals surface area contributed by atoms with Gasteiger partial charge in [-0.05, 0) is 31.7 Å². The van der Waals surface area contributed by atoms with Crippen molar-refractivity contribution >= 4 is 6.03 Å². The zero-order valence-corrected chi connectivity index (χ0v) is 12.1. The summed E-state index contributed by atoms with van der Waals surface area (Å²) in [5.41, 5.74) is 0.566. The van der Waals surface area contributed by atoms with Gasteiger partial charge in [-0.15, -0.1) is 0 Å². The molecule has 1 aromatic carbocycles. The minimum Gasteiger partial charge on any atom is -0.376 e. The Morgan fingerprint density at radius 2 is 2.14 bits per heavy atom. The Bertz CT molecular complexity index is 499. The third-order valence-electron chi connectivity index (χ3n) is 4.05. The number of ether oxygens (including phenoxy) is 1. The zero-order chi connectivity index (χ0) is 14.7. The van der Waals surface area contributed by atoms with Crippen LogP contribution in [0.1, 0.15) is 31.2 Å². The van der Waals surface area contributed by atoms with E-state index in [9.17, 15) is 9.18 Å². The summed E-state index contributed by atoms with van der Waals surface area (Å²) in [6.07, 6.45) is 4.19. The fourth-order valence-corrected chi connectivity index (χ4v) is 2.67. The Balaban J connectivity index is 1.58. The van der Waals surface area contributed by atoms with E-state index in [0.29, 0.717) is 18.7 Å². The van der Waals surface area contributed by atoms with Crippen LogP contribution in [0.5, 0.6) is 0 Å². The number of rotatable bonds is 5. The molecule has 2 aliphatic rings. The Kier molecular flexibility index (Phi) is 4.39. The van der Waals surface area contributed by atoms with Gasteiger partial charge in [0.1, 0.15) is 5.82 Å². The number of carbonyl (C=O) groups is 1. The summed E-state index contributed by atoms with van der Waals surface area (Å²) >= 11 is 0. The number of nitrogens with zero attached hydrogens (tertiary/aromatic N) is 1. The highest BCUT2D eigenvalue weighted by Crippen LogP contribution is 2.28. The van der Waals surface area contributed by atoms with Crippen LogP contribution >= 0.6 is 0 Å². The van der Waals surface area contributed by atoms with Gasteiger partial charge in [0.15, 0.2) is 0 Å². The predicted octanol–water partition coefficient (Wildman–Crippen LogP) is 2.68. The first-order valence-corrected chi connectivity index (χ1v) is 7.63. The third kappa shape index (κ3) is 3.73. The van der Waals surface area contributed by atoms with E-state index in [0.717, 1.165) is 32.3 Å². The summed E-state index contributed by atoms with van der Waals surface area (Å²) < 4.78 is 19.3. The van der Waals surface area contributed by atoms with E-state index in [4.69, 9.17) is 4.74 Å². The molecule has 0 aromatic heterocycles. The minimum absolute atomic E-state index is 0.115. The molecule has 21 heavy (non-hydrogen) atoms. The van der Waals surface area contributed by atoms with E-state index in [-0.39, 0.29) is 24.0 Å². The smallest absolute Gasteiger partial charge is 0.318 e. The predicted molar refractivity (Wildman–Crippen MR) is 77.3 cm³/mol. The average molecular weight is 292 g/mol. The van der Waals surface area contributed by atoms with Gasteiger partial charge in [-0.3, -0.25) is 0 Å². The van der Waals surface area contributed by atoms with Crippen LogP contribution in [-0.2, 0) is 11.3 Å². The molecule has 2 fully saturated rings. The average Bonchev–Trinajstić information content (AvgIpc) is 3.19. The van der Waals surface area contributed by atoms with Crippen LogP contribution in [0.4, 0.5) is 9.18 Å². The maximum atomic E-state index is 13.8. The Labute approximate surface area is 124 Å². The van der Waals surface area contributed by atoms with Crippen molar-refractivity contribution in [3.8, 4) is 0 Å². The van der Waals surface area contributed by atoms with Crippen molar-refractivity contribution in [2.24, 2.45) is 0 Å². The van der Waals surface area contributed by atoms with Crippen molar-refractivity contribution in [2.75, 3.05) is 13.2 Å². The van der Waals surface area contributed by atoms with Crippen molar-refractivity contribution in [3.63, 3.8) is 0 Å². The second kappa shape index (κ2) is 6.43. The van der Waals surface area contributed by atoms with E-state index >= 15 is 0 Å². The molecule has 1 aliphatic carbocycles. The van der Waals surface area contributed by atoms with E-state index < -0.39 is 0 Å². The summed E-state index contributed by atoms with van der Waals surface area (Å²) in [5.74, 6) is -0.255. The van der Waals surface area contributed by atoms with Crippen LogP contribution in [0, 0.1) is 5.82 Å². The molecule has 114 valence electrons. The molecule has 1 N–H and O–H groups in total. The van der Waals surface area contributed by atoms with Gasteiger partial charge in [0.05, 0.1) is 12.6 Å². The normalized spacial score (nSPS) is 21.3. The van der Waals surface area contributed by atoms with Crippen LogP contribution in [0.2, 0.25) is 0 Å². The highest BCUT2D eigenvalue weighted by atomic mass is 19.1. The fourth-order valence-electron chi connectivity index (χ4n) is 2.67. The van der Waals surface area contributed by atoms with Gasteiger partial charge in [0.2, 0.25) is 0 Å². The fraction of sp³-hybridized carbons (Fsp3) is 0.562. The number of hydrogen-bond donors (Lipinski definition) is 1. The number of urea groups is 1. The lowest BCUT2D eigenvalue weighted by atomic mass is 10.2. The molecule has 3 rings (SSSR count). The topological polar surface area (TPSA) is 41.6 Å². The quantitative estimate of drug-likeness (QED) is 0.906. The van der Waals surface area contributed by atoms with Gasteiger partial charge >= 0.3 is 6.03 Å². The summed E-state index contributed by atoms with van der Waals surface area (Å²) in [5, 5.41) is 2.93. The molecule has 1 atom stereocenters. The molecule has 0 spiro atoms. The first-order valence-electron chi connectivity index (χ1n) is 7.63. The first kappa shape index (κ1) is 14.3. The lowest BCUT2D eigenvalue weighted by molar-refractivity contribution is 0.108. The van der Waals surface area contributed by atoms with Gasteiger partial charge in [0, 0.05) is 24.8 Å². The minimum atomic E-state index is -0.255. The van der Waals surface area contributed by atoms with Crippen molar-refractivity contribution in [1.82, 2.24) is 10.2 Å². The molecule has 0 radical (unpaired) electrons. The van der Waals surface area contributed by atoms with Crippen LogP contribution in [-0.4, -0.2) is 36.2 Å². The number of hydrogen-bond acceptors (Lipinski definition) is 2. The summed E-state index contributed by atoms with van der Waals surface area (Å²) in [7, 11) is 0. The van der Waals surface area contributed by atoms with E-state index in [1.54, 1.807) is 23.1 Å². The highest BCUT2D eigenvalue weighted by molar-refractivity contribution is 5.75. The zero-order valence-electron chi connectivity index (χ0n) is 12.1. The van der Waals surface area contributed by atoms with Gasteiger partial charge < -0.3 is 15.0 Å². The Morgan fingerprint density at radius 1 is 1.33 bits per heavy atom. The number of amides is 2. The second-order valence-corrected chi connectivity index (χ2v) is 5.77. The van der Waals surface area contributed by atoms with E-state index in [1.165, 1.54) is 6.07 Å². The van der Waals surface area contributed by atoms with Crippen LogP contribution in [0.25, 0.3) is 0 Å². The summed E-state index contributed by atoms with van der Waals surface area (Å²) in [6, 6.07) is 6.76. The number of halogens is 1. The van der Waals surface area contributed by atoms with Crippen molar-refractivity contribution in [2.45, 2.75) is 44.4 Å². The second-order valence-electron chi connectivity index (χ2n) is 5.77. The third-order valence-corrected chi connectivity index (χ3v) is 4.05. The lowest BCUT2D eigenvalue weighted by Crippen LogP contribution is -2.43. The lowest BCUT2D eigenvalue weighted by Gasteiger charge is -2.24. The van der Waals surface area contributed by atoms with Gasteiger partial charge in [-0.25, -0.2) is 9.18 Å². The first-order chi connectivity index (χ1) is 10.2. The van der Waals surface area contributed by atoms with Crippen molar-refractivity contribution < 1.29 is 13.9 Å². The number of nitrogens with one attached hydrogen (secondary N) is 1. The van der Waals surface area contributed by atoms with Crippen LogP contribution in [0.15, 0.2) is 24.3 Å². The molecule has 2 amide bonds. The monoisotopic (exact) mass is 292 g/mol. The van der Waals surface area contributed by atoms with Gasteiger partial charge in [-0.2, -0.15) is 0 Å². The molecule has 1 aromatic rings. The molecule has 4 nitrogen and oxygen atoms in total. The molecule has 1 saturated heterocycles. The van der Waals surface area contributed by atoms with Gasteiger partial charge in [-0.1, -0.05) is 18.2 Å². The van der Waals surface area contributed by atoms with E-state index in [2.05, 4.69) is 5.32 Å². The molecular formula is C16H21FN2O2. The largest absolute Gasteiger partial charge is 0.376 e. The SMILES string of the molecule is O=C(NC[C@H]1CCCO1)N(Cc1ccccc1F)C1CC1. The molecule has 1 saturated carbocycles. The van der Waals surface area contributed by atoms with Gasteiger partial charge in [0.25, 0.3) is 0 Å². The Hall–Kier alpha value is -1.62. The Morgan fingerprint density at radius 3 is 2.81 bits per heavy atom. The standard InChI is InChI=1S/C16H21FN2O2/c17-15-6-2-1-4-12(15)11-19(13-7-8-13)16(20)18-10-14-5-3-9-21-14/h1-2,4,6,13-14H,3,5,7-11H2,(H,18,20)/t14-/m1/s1. The molecule has 1 aliphatic heterocycles. The maximum Gasteiger partial charge on any atom is 0.318 e. The van der Waals surface area contributed by atoms with E-state index in [1.807, 2.05) is 0 Å². The highest BCUT2D eigenvalue weighted by Gasteiger charge is 2.33. The number of carbonyl (C=O) groups excluding carboxylic acids is 1. The summed E-state index contributed by atoms with van der Waals surface area (Å²) in [6.45, 7) is 1.65. The van der Waals surface area contributed by atoms with Crippen molar-refractivity contribution in [1.29, 1.82) is 0 Å². The molecule has 0 bridgehead atoms. The molecule has 5 heteroatoms. The summed E-state index contributed by atoms with van der Waals surface area (Å²) in [4.78, 5) is 14.1. The van der Waals surface area contributed by atoms with Crippen LogP contribution < -0.4 is 5.32 Å². The molecule has 1 heterocycles. The van der Waals surface area contributed by atoms with Crippen LogP contribution in [0.3, 0.4) is 0 Å². The molecular weight excluding hydrogens is 271 g/mol. The molecule has 0 unspecified atom stereocenters. The van der Waals surface area contributed by atoms with Crippen molar-refractivity contribution in [3.05, 3.63) is 35.6 Å².